The summed E-state index contributed by atoms with van der Waals surface area (Å²) in [5.41, 5.74) is 0.153. The standard InChI is InChI=1S/C13H22N2/c1-13(2,3)15-10-9-14(11-15)12-7-5-4-6-8-12/h9-10,12H,4-8H2,1-3H3. The van der Waals surface area contributed by atoms with Gasteiger partial charge in [0.15, 0.2) is 0 Å². The predicted molar refractivity (Wildman–Crippen MR) is 62.7 cm³/mol. The molecule has 2 radical (unpaired) electrons. The molecular weight excluding hydrogens is 184 g/mol. The maximum Gasteiger partial charge on any atom is 0.208 e. The van der Waals surface area contributed by atoms with Gasteiger partial charge < -0.3 is 9.80 Å². The normalized spacial score (nSPS) is 23.9. The van der Waals surface area contributed by atoms with E-state index in [0.29, 0.717) is 6.04 Å². The Balaban J connectivity index is 1.90. The van der Waals surface area contributed by atoms with E-state index in [1.165, 1.54) is 32.1 Å². The van der Waals surface area contributed by atoms with Gasteiger partial charge >= 0.3 is 0 Å². The highest BCUT2D eigenvalue weighted by Crippen LogP contribution is 2.29. The van der Waals surface area contributed by atoms with Gasteiger partial charge in [0.2, 0.25) is 6.67 Å². The number of nitrogens with zero attached hydrogens (tertiary/aromatic N) is 2. The van der Waals surface area contributed by atoms with Crippen LogP contribution in [0.5, 0.6) is 0 Å². The van der Waals surface area contributed by atoms with Crippen LogP contribution in [0, 0.1) is 6.67 Å². The fraction of sp³-hybridized carbons (Fsp3) is 0.769. The average molecular weight is 206 g/mol. The Kier molecular flexibility index (Phi) is 2.94. The van der Waals surface area contributed by atoms with Crippen LogP contribution in [0.3, 0.4) is 0 Å². The molecule has 0 atom stereocenters. The van der Waals surface area contributed by atoms with E-state index in [-0.39, 0.29) is 5.54 Å². The topological polar surface area (TPSA) is 6.48 Å². The van der Waals surface area contributed by atoms with Crippen molar-refractivity contribution < 1.29 is 0 Å². The molecule has 2 rings (SSSR count). The molecule has 0 N–H and O–H groups in total. The molecule has 1 saturated carbocycles. The van der Waals surface area contributed by atoms with Crippen molar-refractivity contribution in [2.75, 3.05) is 0 Å². The molecule has 1 fully saturated rings. The summed E-state index contributed by atoms with van der Waals surface area (Å²) in [5.74, 6) is 0. The molecule has 15 heavy (non-hydrogen) atoms. The van der Waals surface area contributed by atoms with Gasteiger partial charge in [-0.25, -0.2) is 0 Å². The number of rotatable bonds is 1. The van der Waals surface area contributed by atoms with Crippen LogP contribution in [-0.4, -0.2) is 21.4 Å². The molecule has 84 valence electrons. The molecule has 0 aromatic carbocycles. The third kappa shape index (κ3) is 2.47. The molecule has 0 unspecified atom stereocenters. The second kappa shape index (κ2) is 4.07. The predicted octanol–water partition coefficient (Wildman–Crippen LogP) is 3.20. The van der Waals surface area contributed by atoms with Gasteiger partial charge in [0.05, 0.1) is 0 Å². The van der Waals surface area contributed by atoms with E-state index < -0.39 is 0 Å². The molecule has 2 aliphatic rings. The Morgan fingerprint density at radius 1 is 1.07 bits per heavy atom. The van der Waals surface area contributed by atoms with Gasteiger partial charge in [0.25, 0.3) is 0 Å². The molecule has 1 aliphatic carbocycles. The van der Waals surface area contributed by atoms with E-state index in [0.717, 1.165) is 0 Å². The van der Waals surface area contributed by atoms with E-state index in [9.17, 15) is 0 Å². The second-order valence-corrected chi connectivity index (χ2v) is 5.64. The zero-order valence-electron chi connectivity index (χ0n) is 10.2. The van der Waals surface area contributed by atoms with Crippen LogP contribution < -0.4 is 0 Å². The van der Waals surface area contributed by atoms with Gasteiger partial charge in [-0.3, -0.25) is 0 Å². The van der Waals surface area contributed by atoms with Crippen LogP contribution in [0.2, 0.25) is 0 Å². The summed E-state index contributed by atoms with van der Waals surface area (Å²) in [4.78, 5) is 4.46. The molecule has 0 saturated heterocycles. The lowest BCUT2D eigenvalue weighted by molar-refractivity contribution is 0.175. The minimum absolute atomic E-state index is 0.153. The van der Waals surface area contributed by atoms with Crippen molar-refractivity contribution in [2.45, 2.75) is 64.5 Å². The highest BCUT2D eigenvalue weighted by Gasteiger charge is 2.29. The SMILES string of the molecule is CC(C)(C)N1[C]N(C2CCCCC2)C=C1. The summed E-state index contributed by atoms with van der Waals surface area (Å²) < 4.78 is 0. The fourth-order valence-electron chi connectivity index (χ4n) is 2.27. The van der Waals surface area contributed by atoms with Gasteiger partial charge in [-0.1, -0.05) is 19.3 Å². The van der Waals surface area contributed by atoms with Crippen LogP contribution >= 0.6 is 0 Å². The average Bonchev–Trinajstić information content (AvgIpc) is 2.67. The van der Waals surface area contributed by atoms with Crippen LogP contribution in [0.25, 0.3) is 0 Å². The van der Waals surface area contributed by atoms with Crippen molar-refractivity contribution in [3.05, 3.63) is 19.1 Å². The summed E-state index contributed by atoms with van der Waals surface area (Å²) in [7, 11) is 0. The van der Waals surface area contributed by atoms with Crippen LogP contribution in [0.15, 0.2) is 12.4 Å². The van der Waals surface area contributed by atoms with Crippen molar-refractivity contribution in [3.63, 3.8) is 0 Å². The van der Waals surface area contributed by atoms with Crippen molar-refractivity contribution in [3.8, 4) is 0 Å². The Morgan fingerprint density at radius 3 is 2.27 bits per heavy atom. The summed E-state index contributed by atoms with van der Waals surface area (Å²) in [6.07, 6.45) is 11.2. The van der Waals surface area contributed by atoms with Crippen molar-refractivity contribution >= 4 is 0 Å². The Labute approximate surface area is 93.9 Å². The summed E-state index contributed by atoms with van der Waals surface area (Å²) in [6.45, 7) is 10.1. The minimum Gasteiger partial charge on any atom is -0.343 e. The van der Waals surface area contributed by atoms with E-state index in [4.69, 9.17) is 0 Å². The third-order valence-corrected chi connectivity index (χ3v) is 3.29. The highest BCUT2D eigenvalue weighted by molar-refractivity contribution is 5.04. The van der Waals surface area contributed by atoms with Crippen LogP contribution in [0.4, 0.5) is 0 Å². The smallest absolute Gasteiger partial charge is 0.208 e. The van der Waals surface area contributed by atoms with Gasteiger partial charge in [0, 0.05) is 24.0 Å². The Morgan fingerprint density at radius 2 is 1.73 bits per heavy atom. The van der Waals surface area contributed by atoms with E-state index in [1.807, 2.05) is 0 Å². The van der Waals surface area contributed by atoms with E-state index >= 15 is 0 Å². The second-order valence-electron chi connectivity index (χ2n) is 5.64. The van der Waals surface area contributed by atoms with Crippen molar-refractivity contribution in [1.29, 1.82) is 0 Å². The van der Waals surface area contributed by atoms with E-state index in [1.54, 1.807) is 0 Å². The largest absolute Gasteiger partial charge is 0.343 e. The fourth-order valence-corrected chi connectivity index (χ4v) is 2.27. The van der Waals surface area contributed by atoms with Crippen molar-refractivity contribution in [1.82, 2.24) is 9.80 Å². The van der Waals surface area contributed by atoms with Gasteiger partial charge in [0.1, 0.15) is 0 Å². The zero-order chi connectivity index (χ0) is 10.9. The number of hydrogen-bond donors (Lipinski definition) is 0. The van der Waals surface area contributed by atoms with Crippen molar-refractivity contribution in [2.24, 2.45) is 0 Å². The minimum atomic E-state index is 0.153. The highest BCUT2D eigenvalue weighted by atomic mass is 15.4. The summed E-state index contributed by atoms with van der Waals surface area (Å²) in [6, 6.07) is 0.697. The molecule has 0 amide bonds. The first-order valence-corrected chi connectivity index (χ1v) is 6.10. The van der Waals surface area contributed by atoms with Gasteiger partial charge in [-0.15, -0.1) is 0 Å². The maximum atomic E-state index is 3.46. The lowest BCUT2D eigenvalue weighted by Gasteiger charge is -2.35. The molecule has 0 bridgehead atoms. The first-order valence-electron chi connectivity index (χ1n) is 6.10. The number of hydrogen-bond acceptors (Lipinski definition) is 2. The molecule has 1 aliphatic heterocycles. The first-order chi connectivity index (χ1) is 7.07. The molecule has 2 nitrogen and oxygen atoms in total. The molecular formula is C13H22N2. The maximum absolute atomic E-state index is 3.46. The van der Waals surface area contributed by atoms with Crippen LogP contribution in [0.1, 0.15) is 52.9 Å². The molecule has 0 spiro atoms. The third-order valence-electron chi connectivity index (χ3n) is 3.29. The summed E-state index contributed by atoms with van der Waals surface area (Å²) in [5, 5.41) is 0. The lowest BCUT2D eigenvalue weighted by atomic mass is 9.95. The molecule has 0 aromatic heterocycles. The first kappa shape index (κ1) is 10.8. The van der Waals surface area contributed by atoms with Crippen LogP contribution in [-0.2, 0) is 0 Å². The monoisotopic (exact) mass is 206 g/mol. The molecule has 1 heterocycles. The summed E-state index contributed by atoms with van der Waals surface area (Å²) >= 11 is 0. The Hall–Kier alpha value is -0.660. The quantitative estimate of drug-likeness (QED) is 0.650. The molecule has 0 aromatic rings. The van der Waals surface area contributed by atoms with Gasteiger partial charge in [-0.05, 0) is 33.6 Å². The van der Waals surface area contributed by atoms with Gasteiger partial charge in [-0.2, -0.15) is 0 Å². The zero-order valence-corrected chi connectivity index (χ0v) is 10.2. The Bertz CT molecular complexity index is 233. The van der Waals surface area contributed by atoms with E-state index in [2.05, 4.69) is 49.6 Å². The lowest BCUT2D eigenvalue weighted by Crippen LogP contribution is -2.38. The molecule has 2 heteroatoms.